The zero-order valence-corrected chi connectivity index (χ0v) is 8.49. The van der Waals surface area contributed by atoms with Crippen molar-refractivity contribution < 1.29 is 9.53 Å². The van der Waals surface area contributed by atoms with Crippen LogP contribution in [0, 0.1) is 0 Å². The van der Waals surface area contributed by atoms with E-state index >= 15 is 0 Å². The number of amides is 1. The van der Waals surface area contributed by atoms with Crippen molar-refractivity contribution in [3.8, 4) is 0 Å². The van der Waals surface area contributed by atoms with Gasteiger partial charge in [0.2, 0.25) is 0 Å². The minimum absolute atomic E-state index is 0.0231. The van der Waals surface area contributed by atoms with Crippen LogP contribution in [0.5, 0.6) is 0 Å². The number of carbonyl (C=O) groups excluding carboxylic acids is 1. The molecule has 82 valence electrons. The van der Waals surface area contributed by atoms with Crippen molar-refractivity contribution >= 4 is 5.91 Å². The molecule has 1 heterocycles. The fraction of sp³-hybridized carbons (Fsp3) is 0.500. The lowest BCUT2D eigenvalue weighted by atomic mass is 10.4. The van der Waals surface area contributed by atoms with Gasteiger partial charge in [0, 0.05) is 6.54 Å². The number of carbonyl (C=O) groups is 1. The largest absolute Gasteiger partial charge is 0.375 e. The van der Waals surface area contributed by atoms with E-state index in [4.69, 9.17) is 4.74 Å². The predicted octanol–water partition coefficient (Wildman–Crippen LogP) is -0.478. The molecule has 7 nitrogen and oxygen atoms in total. The standard InChI is InChI=1S/C8H13N5O2/c1-6(2)5-15-4-3-9-8(14)7-10-12-13-11-7/h1,3-5H2,2H3,(H,9,14)(H,10,11,12,13). The summed E-state index contributed by atoms with van der Waals surface area (Å²) in [5.41, 5.74) is 0.944. The first kappa shape index (κ1) is 11.3. The van der Waals surface area contributed by atoms with Crippen molar-refractivity contribution in [2.24, 2.45) is 0 Å². The highest BCUT2D eigenvalue weighted by atomic mass is 16.5. The minimum atomic E-state index is -0.373. The lowest BCUT2D eigenvalue weighted by molar-refractivity contribution is 0.0916. The molecule has 0 aliphatic rings. The fourth-order valence-corrected chi connectivity index (χ4v) is 0.820. The van der Waals surface area contributed by atoms with E-state index in [1.165, 1.54) is 0 Å². The summed E-state index contributed by atoms with van der Waals surface area (Å²) in [6, 6.07) is 0. The van der Waals surface area contributed by atoms with Gasteiger partial charge in [-0.15, -0.1) is 10.2 Å². The number of hydrogen-bond acceptors (Lipinski definition) is 5. The van der Waals surface area contributed by atoms with Crippen molar-refractivity contribution in [1.82, 2.24) is 25.9 Å². The Hall–Kier alpha value is -1.76. The smallest absolute Gasteiger partial charge is 0.292 e. The normalized spacial score (nSPS) is 9.93. The number of tetrazole rings is 1. The molecule has 0 atom stereocenters. The van der Waals surface area contributed by atoms with Crippen molar-refractivity contribution in [1.29, 1.82) is 0 Å². The van der Waals surface area contributed by atoms with E-state index in [-0.39, 0.29) is 11.7 Å². The molecule has 1 rings (SSSR count). The van der Waals surface area contributed by atoms with Gasteiger partial charge >= 0.3 is 0 Å². The number of rotatable bonds is 6. The Morgan fingerprint density at radius 2 is 2.47 bits per heavy atom. The van der Waals surface area contributed by atoms with Crippen LogP contribution < -0.4 is 5.32 Å². The number of ether oxygens (including phenoxy) is 1. The van der Waals surface area contributed by atoms with Gasteiger partial charge in [-0.25, -0.2) is 0 Å². The maximum atomic E-state index is 11.2. The van der Waals surface area contributed by atoms with Crippen molar-refractivity contribution in [3.63, 3.8) is 0 Å². The molecule has 0 aliphatic carbocycles. The highest BCUT2D eigenvalue weighted by Crippen LogP contribution is 1.87. The summed E-state index contributed by atoms with van der Waals surface area (Å²) in [4.78, 5) is 11.2. The van der Waals surface area contributed by atoms with Gasteiger partial charge in [0.1, 0.15) is 0 Å². The summed E-state index contributed by atoms with van der Waals surface area (Å²) >= 11 is 0. The lowest BCUT2D eigenvalue weighted by Crippen LogP contribution is -2.28. The summed E-state index contributed by atoms with van der Waals surface area (Å²) < 4.78 is 5.18. The molecular formula is C8H13N5O2. The van der Waals surface area contributed by atoms with Gasteiger partial charge in [0.15, 0.2) is 0 Å². The summed E-state index contributed by atoms with van der Waals surface area (Å²) in [7, 11) is 0. The maximum Gasteiger partial charge on any atom is 0.292 e. The molecule has 7 heteroatoms. The number of H-pyrrole nitrogens is 1. The number of nitrogens with one attached hydrogen (secondary N) is 2. The van der Waals surface area contributed by atoms with Gasteiger partial charge in [-0.1, -0.05) is 12.2 Å². The second-order valence-corrected chi connectivity index (χ2v) is 3.00. The van der Waals surface area contributed by atoms with Crippen LogP contribution >= 0.6 is 0 Å². The molecule has 0 saturated heterocycles. The summed E-state index contributed by atoms with van der Waals surface area (Å²) in [5, 5.41) is 15.1. The zero-order chi connectivity index (χ0) is 11.1. The molecule has 2 N–H and O–H groups in total. The van der Waals surface area contributed by atoms with Gasteiger partial charge in [0.05, 0.1) is 13.2 Å². The third-order valence-electron chi connectivity index (χ3n) is 1.43. The SMILES string of the molecule is C=C(C)COCCNC(=O)c1nn[nH]n1. The number of hydrogen-bond donors (Lipinski definition) is 2. The molecule has 0 aromatic carbocycles. The van der Waals surface area contributed by atoms with Gasteiger partial charge in [0.25, 0.3) is 11.7 Å². The zero-order valence-electron chi connectivity index (χ0n) is 8.49. The minimum Gasteiger partial charge on any atom is -0.375 e. The Bertz CT molecular complexity index is 322. The molecule has 0 unspecified atom stereocenters. The van der Waals surface area contributed by atoms with Crippen LogP contribution in [-0.2, 0) is 4.74 Å². The molecule has 0 aliphatic heterocycles. The second kappa shape index (κ2) is 5.86. The summed E-state index contributed by atoms with van der Waals surface area (Å²) in [5.74, 6) is -0.349. The molecule has 0 saturated carbocycles. The van der Waals surface area contributed by atoms with Crippen LogP contribution in [0.4, 0.5) is 0 Å². The average molecular weight is 211 g/mol. The van der Waals surface area contributed by atoms with E-state index in [1.807, 2.05) is 6.92 Å². The fourth-order valence-electron chi connectivity index (χ4n) is 0.820. The Balaban J connectivity index is 2.10. The van der Waals surface area contributed by atoms with E-state index in [0.29, 0.717) is 19.8 Å². The Morgan fingerprint density at radius 3 is 3.07 bits per heavy atom. The third kappa shape index (κ3) is 4.32. The molecule has 0 spiro atoms. The molecule has 1 amide bonds. The molecule has 0 fully saturated rings. The van der Waals surface area contributed by atoms with E-state index in [9.17, 15) is 4.79 Å². The van der Waals surface area contributed by atoms with Crippen molar-refractivity contribution in [2.45, 2.75) is 6.92 Å². The molecule has 0 bridgehead atoms. The average Bonchev–Trinajstić information content (AvgIpc) is 2.69. The van der Waals surface area contributed by atoms with Crippen molar-refractivity contribution in [2.75, 3.05) is 19.8 Å². The first-order valence-electron chi connectivity index (χ1n) is 4.44. The van der Waals surface area contributed by atoms with Crippen molar-refractivity contribution in [3.05, 3.63) is 18.0 Å². The van der Waals surface area contributed by atoms with E-state index in [2.05, 4.69) is 32.5 Å². The van der Waals surface area contributed by atoms with Crippen LogP contribution in [0.15, 0.2) is 12.2 Å². The molecule has 0 radical (unpaired) electrons. The lowest BCUT2D eigenvalue weighted by Gasteiger charge is -2.03. The van der Waals surface area contributed by atoms with E-state index in [1.54, 1.807) is 0 Å². The molecular weight excluding hydrogens is 198 g/mol. The van der Waals surface area contributed by atoms with E-state index < -0.39 is 0 Å². The van der Waals surface area contributed by atoms with Crippen LogP contribution in [0.25, 0.3) is 0 Å². The number of nitrogens with zero attached hydrogens (tertiary/aromatic N) is 3. The van der Waals surface area contributed by atoms with Crippen LogP contribution in [0.1, 0.15) is 17.5 Å². The number of aromatic nitrogens is 4. The summed E-state index contributed by atoms with van der Waals surface area (Å²) in [6.07, 6.45) is 0. The molecule has 1 aromatic heterocycles. The van der Waals surface area contributed by atoms with Gasteiger partial charge in [-0.3, -0.25) is 4.79 Å². The van der Waals surface area contributed by atoms with Crippen LogP contribution in [0.3, 0.4) is 0 Å². The van der Waals surface area contributed by atoms with Gasteiger partial charge in [-0.05, 0) is 12.1 Å². The topological polar surface area (TPSA) is 92.8 Å². The Morgan fingerprint density at radius 1 is 1.67 bits per heavy atom. The molecule has 1 aromatic rings. The summed E-state index contributed by atoms with van der Waals surface area (Å²) in [6.45, 7) is 6.89. The molecule has 15 heavy (non-hydrogen) atoms. The third-order valence-corrected chi connectivity index (χ3v) is 1.43. The van der Waals surface area contributed by atoms with Gasteiger partial charge in [-0.2, -0.15) is 5.21 Å². The van der Waals surface area contributed by atoms with Crippen LogP contribution in [-0.4, -0.2) is 46.3 Å². The maximum absolute atomic E-state index is 11.2. The second-order valence-electron chi connectivity index (χ2n) is 3.00. The number of aromatic amines is 1. The monoisotopic (exact) mass is 211 g/mol. The first-order chi connectivity index (χ1) is 7.20. The quantitative estimate of drug-likeness (QED) is 0.490. The van der Waals surface area contributed by atoms with Gasteiger partial charge < -0.3 is 10.1 Å². The highest BCUT2D eigenvalue weighted by molar-refractivity contribution is 5.89. The Labute approximate surface area is 86.9 Å². The highest BCUT2D eigenvalue weighted by Gasteiger charge is 2.08. The predicted molar refractivity (Wildman–Crippen MR) is 52.1 cm³/mol. The first-order valence-corrected chi connectivity index (χ1v) is 4.44. The van der Waals surface area contributed by atoms with Crippen LogP contribution in [0.2, 0.25) is 0 Å². The van der Waals surface area contributed by atoms with E-state index in [0.717, 1.165) is 5.57 Å². The Kier molecular flexibility index (Phi) is 4.42.